The molecule has 0 atom stereocenters. The standard InChI is InChI=1S/2C17H13N3O6S.Ba/c2*1-10-6-7-11(20(22)23)8-14(10)18-19-17-13-5-3-2-4-12(13)16(9-15(17)21)27(24,25)26;/h2*2-9,21H,1H3,(H,24,25,26);/q;;+2/p-2. The summed E-state index contributed by atoms with van der Waals surface area (Å²) in [4.78, 5) is 19.5. The van der Waals surface area contributed by atoms with Gasteiger partial charge in [0.2, 0.25) is 0 Å². The topological polar surface area (TPSA) is 291 Å². The predicted molar refractivity (Wildman–Crippen MR) is 197 cm³/mol. The molecule has 0 saturated heterocycles. The van der Waals surface area contributed by atoms with Crippen LogP contribution in [0.2, 0.25) is 0 Å². The summed E-state index contributed by atoms with van der Waals surface area (Å²) in [6, 6.07) is 21.8. The molecule has 0 aromatic heterocycles. The molecule has 18 nitrogen and oxygen atoms in total. The number of phenolic OH excluding ortho intramolecular Hbond substituents is 2. The van der Waals surface area contributed by atoms with Crippen LogP contribution < -0.4 is 0 Å². The quantitative estimate of drug-likeness (QED) is 0.0486. The summed E-state index contributed by atoms with van der Waals surface area (Å²) >= 11 is 0. The van der Waals surface area contributed by atoms with Crippen molar-refractivity contribution in [2.75, 3.05) is 0 Å². The van der Waals surface area contributed by atoms with E-state index >= 15 is 0 Å². The van der Waals surface area contributed by atoms with Gasteiger partial charge in [-0.1, -0.05) is 60.7 Å². The maximum atomic E-state index is 11.5. The third-order valence-corrected chi connectivity index (χ3v) is 9.53. The average molecular weight is 910 g/mol. The monoisotopic (exact) mass is 910 g/mol. The number of hydrogen-bond donors (Lipinski definition) is 2. The Kier molecular flexibility index (Phi) is 13.2. The van der Waals surface area contributed by atoms with E-state index in [0.717, 1.165) is 12.1 Å². The summed E-state index contributed by atoms with van der Waals surface area (Å²) in [5.74, 6) is -1.09. The molecule has 2 N–H and O–H groups in total. The van der Waals surface area contributed by atoms with Crippen LogP contribution >= 0.6 is 0 Å². The molecule has 0 aliphatic rings. The van der Waals surface area contributed by atoms with Crippen molar-refractivity contribution in [3.05, 3.63) is 128 Å². The number of rotatable bonds is 8. The van der Waals surface area contributed by atoms with Crippen LogP contribution in [0.25, 0.3) is 21.5 Å². The van der Waals surface area contributed by atoms with Crippen LogP contribution in [0.15, 0.2) is 127 Å². The van der Waals surface area contributed by atoms with E-state index in [1.165, 1.54) is 60.7 Å². The van der Waals surface area contributed by atoms with Crippen molar-refractivity contribution < 1.29 is 46.0 Å². The number of phenols is 2. The Hall–Kier alpha value is -5.17. The van der Waals surface area contributed by atoms with Crippen LogP contribution in [0, 0.1) is 34.1 Å². The third-order valence-electron chi connectivity index (χ3n) is 7.78. The first-order valence-corrected chi connectivity index (χ1v) is 17.9. The average Bonchev–Trinajstić information content (AvgIpc) is 3.10. The van der Waals surface area contributed by atoms with Crippen molar-refractivity contribution in [2.24, 2.45) is 20.5 Å². The van der Waals surface area contributed by atoms with E-state index in [1.54, 1.807) is 38.1 Å². The summed E-state index contributed by atoms with van der Waals surface area (Å²) in [5.41, 5.74) is 1.22. The summed E-state index contributed by atoms with van der Waals surface area (Å²) < 4.78 is 68.7. The van der Waals surface area contributed by atoms with Crippen molar-refractivity contribution in [1.29, 1.82) is 0 Å². The van der Waals surface area contributed by atoms with Gasteiger partial charge in [-0.15, -0.1) is 20.5 Å². The molecule has 0 aliphatic carbocycles. The molecule has 0 heterocycles. The van der Waals surface area contributed by atoms with Gasteiger partial charge in [0.05, 0.1) is 31.0 Å². The van der Waals surface area contributed by atoms with Gasteiger partial charge in [-0.25, -0.2) is 16.8 Å². The first kappa shape index (κ1) is 42.6. The smallest absolute Gasteiger partial charge is 0.744 e. The van der Waals surface area contributed by atoms with Gasteiger partial charge in [0.25, 0.3) is 11.4 Å². The number of azo groups is 2. The van der Waals surface area contributed by atoms with E-state index < -0.39 is 51.4 Å². The molecule has 55 heavy (non-hydrogen) atoms. The molecule has 0 radical (unpaired) electrons. The van der Waals surface area contributed by atoms with E-state index in [4.69, 9.17) is 0 Å². The van der Waals surface area contributed by atoms with Crippen LogP contribution in [-0.2, 0) is 20.2 Å². The molecule has 0 fully saturated rings. The molecular formula is C34H24BaN6O12S2. The summed E-state index contributed by atoms with van der Waals surface area (Å²) in [6.45, 7) is 3.37. The second kappa shape index (κ2) is 17.1. The van der Waals surface area contributed by atoms with Gasteiger partial charge in [0, 0.05) is 57.9 Å². The number of non-ortho nitro benzene ring substituents is 2. The molecule has 6 aromatic rings. The van der Waals surface area contributed by atoms with Crippen LogP contribution in [0.3, 0.4) is 0 Å². The fraction of sp³-hybridized carbons (Fsp3) is 0.0588. The van der Waals surface area contributed by atoms with Gasteiger partial charge in [-0.05, 0) is 25.0 Å². The number of aromatic hydroxyl groups is 2. The van der Waals surface area contributed by atoms with Gasteiger partial charge >= 0.3 is 48.9 Å². The fourth-order valence-corrected chi connectivity index (χ4v) is 6.50. The molecule has 0 aliphatic heterocycles. The Morgan fingerprint density at radius 2 is 0.855 bits per heavy atom. The largest absolute Gasteiger partial charge is 2.00 e. The molecule has 0 amide bonds. The molecule has 0 unspecified atom stereocenters. The molecule has 6 aromatic carbocycles. The molecule has 0 spiro atoms. The van der Waals surface area contributed by atoms with Crippen molar-refractivity contribution >= 4 is 125 Å². The fourth-order valence-electron chi connectivity index (χ4n) is 5.10. The summed E-state index contributed by atoms with van der Waals surface area (Å²) in [5, 5.41) is 58.6. The zero-order valence-electron chi connectivity index (χ0n) is 28.4. The maximum absolute atomic E-state index is 11.5. The maximum Gasteiger partial charge on any atom is 2.00 e. The van der Waals surface area contributed by atoms with Crippen LogP contribution in [0.1, 0.15) is 11.1 Å². The normalized spacial score (nSPS) is 11.7. The van der Waals surface area contributed by atoms with E-state index in [9.17, 15) is 56.4 Å². The van der Waals surface area contributed by atoms with E-state index in [0.29, 0.717) is 11.1 Å². The SMILES string of the molecule is Cc1ccc([N+](=O)[O-])cc1N=Nc1c(O)cc(S(=O)(=O)[O-])c2ccccc12.Cc1ccc([N+](=O)[O-])cc1N=Nc1c(O)cc(S(=O)(=O)[O-])c2ccccc12.[Ba+2]. The van der Waals surface area contributed by atoms with Crippen LogP contribution in [-0.4, -0.2) is 94.9 Å². The van der Waals surface area contributed by atoms with Gasteiger partial charge in [-0.3, -0.25) is 20.2 Å². The van der Waals surface area contributed by atoms with E-state index in [2.05, 4.69) is 20.5 Å². The first-order chi connectivity index (χ1) is 25.4. The first-order valence-electron chi connectivity index (χ1n) is 15.1. The number of benzene rings is 6. The van der Waals surface area contributed by atoms with E-state index in [-0.39, 0.29) is 105 Å². The third kappa shape index (κ3) is 9.75. The van der Waals surface area contributed by atoms with Crippen molar-refractivity contribution in [1.82, 2.24) is 0 Å². The Morgan fingerprint density at radius 1 is 0.527 bits per heavy atom. The molecule has 0 bridgehead atoms. The second-order valence-electron chi connectivity index (χ2n) is 11.3. The Morgan fingerprint density at radius 3 is 1.16 bits per heavy atom. The van der Waals surface area contributed by atoms with Gasteiger partial charge < -0.3 is 19.3 Å². The predicted octanol–water partition coefficient (Wildman–Crippen LogP) is 7.78. The van der Waals surface area contributed by atoms with Crippen molar-refractivity contribution in [2.45, 2.75) is 23.6 Å². The zero-order valence-corrected chi connectivity index (χ0v) is 34.5. The number of aryl methyl sites for hydroxylation is 2. The van der Waals surface area contributed by atoms with Gasteiger partial charge in [0.15, 0.2) is 0 Å². The van der Waals surface area contributed by atoms with Crippen molar-refractivity contribution in [3.63, 3.8) is 0 Å². The number of fused-ring (bicyclic) bond motifs is 2. The molecule has 21 heteroatoms. The minimum Gasteiger partial charge on any atom is -0.744 e. The number of nitrogens with zero attached hydrogens (tertiary/aromatic N) is 6. The summed E-state index contributed by atoms with van der Waals surface area (Å²) in [7, 11) is -9.63. The number of hydrogen-bond acceptors (Lipinski definition) is 16. The number of nitro groups is 2. The van der Waals surface area contributed by atoms with Gasteiger partial charge in [0.1, 0.15) is 43.1 Å². The Labute approximate surface area is 351 Å². The second-order valence-corrected chi connectivity index (χ2v) is 14.0. The summed E-state index contributed by atoms with van der Waals surface area (Å²) in [6.07, 6.45) is 0. The Balaban J connectivity index is 0.000000240. The Bertz CT molecular complexity index is 2610. The minimum atomic E-state index is -4.81. The van der Waals surface area contributed by atoms with E-state index in [1.807, 2.05) is 0 Å². The molecule has 0 saturated carbocycles. The van der Waals surface area contributed by atoms with Crippen LogP contribution in [0.5, 0.6) is 11.5 Å². The van der Waals surface area contributed by atoms with Crippen LogP contribution in [0.4, 0.5) is 34.1 Å². The molecule has 6 rings (SSSR count). The zero-order chi connectivity index (χ0) is 39.5. The van der Waals surface area contributed by atoms with Gasteiger partial charge in [-0.2, -0.15) is 0 Å². The molecular weight excluding hydrogens is 886 g/mol. The van der Waals surface area contributed by atoms with Crippen molar-refractivity contribution in [3.8, 4) is 11.5 Å². The number of nitro benzene ring substituents is 2. The molecule has 276 valence electrons. The minimum absolute atomic E-state index is 0.